The van der Waals surface area contributed by atoms with Crippen molar-refractivity contribution in [2.75, 3.05) is 7.05 Å². The molecule has 1 amide bonds. The molecule has 0 spiro atoms. The SMILES string of the molecule is C=C(C)C(F)(F)c1cc(-c2ccnc3[nH]c(=O)[nH]c23)ccc1CN(C)C(=O)c1nc(C(C)(C)C)no1. The molecule has 36 heavy (non-hydrogen) atoms. The Morgan fingerprint density at radius 1 is 1.19 bits per heavy atom. The van der Waals surface area contributed by atoms with E-state index in [0.717, 1.165) is 0 Å². The number of halogens is 2. The summed E-state index contributed by atoms with van der Waals surface area (Å²) in [7, 11) is 1.47. The lowest BCUT2D eigenvalue weighted by Gasteiger charge is -2.24. The summed E-state index contributed by atoms with van der Waals surface area (Å²) >= 11 is 0. The van der Waals surface area contributed by atoms with Crippen LogP contribution < -0.4 is 5.69 Å². The van der Waals surface area contributed by atoms with Gasteiger partial charge in [-0.2, -0.15) is 13.8 Å². The van der Waals surface area contributed by atoms with Crippen molar-refractivity contribution in [3.05, 3.63) is 75.9 Å². The molecule has 0 fully saturated rings. The summed E-state index contributed by atoms with van der Waals surface area (Å²) in [6, 6.07) is 6.14. The Kier molecular flexibility index (Phi) is 6.11. The average molecular weight is 497 g/mol. The van der Waals surface area contributed by atoms with Crippen molar-refractivity contribution in [2.24, 2.45) is 0 Å². The number of allylic oxidation sites excluding steroid dienone is 1. The zero-order valence-corrected chi connectivity index (χ0v) is 20.6. The van der Waals surface area contributed by atoms with E-state index in [2.05, 4.69) is 31.7 Å². The van der Waals surface area contributed by atoms with Gasteiger partial charge in [-0.1, -0.05) is 44.6 Å². The van der Waals surface area contributed by atoms with Gasteiger partial charge in [0.1, 0.15) is 0 Å². The zero-order chi connectivity index (χ0) is 26.4. The van der Waals surface area contributed by atoms with E-state index < -0.39 is 22.9 Å². The van der Waals surface area contributed by atoms with Crippen molar-refractivity contribution in [3.8, 4) is 11.1 Å². The second kappa shape index (κ2) is 8.81. The Morgan fingerprint density at radius 2 is 1.92 bits per heavy atom. The molecule has 11 heteroatoms. The number of hydrogen-bond donors (Lipinski definition) is 2. The van der Waals surface area contributed by atoms with Gasteiger partial charge in [-0.05, 0) is 35.8 Å². The summed E-state index contributed by atoms with van der Waals surface area (Å²) in [5, 5.41) is 3.85. The van der Waals surface area contributed by atoms with Crippen molar-refractivity contribution in [3.63, 3.8) is 0 Å². The average Bonchev–Trinajstić information content (AvgIpc) is 3.44. The molecule has 0 aliphatic rings. The van der Waals surface area contributed by atoms with E-state index in [0.29, 0.717) is 28.1 Å². The minimum atomic E-state index is -3.38. The fourth-order valence-corrected chi connectivity index (χ4v) is 3.69. The molecule has 3 aromatic heterocycles. The normalized spacial score (nSPS) is 12.2. The van der Waals surface area contributed by atoms with Gasteiger partial charge < -0.3 is 14.4 Å². The maximum atomic E-state index is 15.3. The number of aromatic nitrogens is 5. The van der Waals surface area contributed by atoms with E-state index in [4.69, 9.17) is 4.52 Å². The highest BCUT2D eigenvalue weighted by atomic mass is 19.3. The Bertz CT molecular complexity index is 1530. The standard InChI is InChI=1S/C25H26F2N6O3/c1-13(2)25(26,27)17-11-14(16-9-10-28-19-18(16)29-23(35)30-19)7-8-15(17)12-33(6)21(34)20-31-22(32-36-20)24(3,4)5/h7-11H,1,12H2,2-6H3,(H2,28,29,30,35). The predicted octanol–water partition coefficient (Wildman–Crippen LogP) is 4.54. The Hall–Kier alpha value is -4.15. The lowest BCUT2D eigenvalue weighted by Crippen LogP contribution is -2.28. The second-order valence-electron chi connectivity index (χ2n) is 9.72. The van der Waals surface area contributed by atoms with Crippen LogP contribution in [0.4, 0.5) is 8.78 Å². The van der Waals surface area contributed by atoms with Gasteiger partial charge in [0.2, 0.25) is 0 Å². The van der Waals surface area contributed by atoms with E-state index in [1.165, 1.54) is 37.2 Å². The number of pyridine rings is 1. The molecule has 1 aromatic carbocycles. The van der Waals surface area contributed by atoms with Crippen molar-refractivity contribution >= 4 is 17.1 Å². The molecule has 2 N–H and O–H groups in total. The van der Waals surface area contributed by atoms with Crippen molar-refractivity contribution < 1.29 is 18.1 Å². The minimum absolute atomic E-state index is 0.142. The summed E-state index contributed by atoms with van der Waals surface area (Å²) in [5.41, 5.74) is 0.359. The van der Waals surface area contributed by atoms with Gasteiger partial charge in [0, 0.05) is 36.3 Å². The molecule has 3 heterocycles. The molecule has 0 saturated heterocycles. The highest BCUT2D eigenvalue weighted by molar-refractivity contribution is 5.90. The minimum Gasteiger partial charge on any atom is -0.333 e. The first-order valence-corrected chi connectivity index (χ1v) is 11.1. The molecular formula is C25H26F2N6O3. The van der Waals surface area contributed by atoms with Gasteiger partial charge in [-0.15, -0.1) is 0 Å². The first-order valence-electron chi connectivity index (χ1n) is 11.1. The number of fused-ring (bicyclic) bond motifs is 1. The molecule has 0 aliphatic heterocycles. The molecule has 4 rings (SSSR count). The summed E-state index contributed by atoms with van der Waals surface area (Å²) in [6.07, 6.45) is 1.48. The molecule has 188 valence electrons. The first kappa shape index (κ1) is 25.0. The van der Waals surface area contributed by atoms with Crippen LogP contribution in [-0.4, -0.2) is 42.9 Å². The number of nitrogens with zero attached hydrogens (tertiary/aromatic N) is 4. The molecule has 0 bridgehead atoms. The summed E-state index contributed by atoms with van der Waals surface area (Å²) in [5.74, 6) is -3.82. The lowest BCUT2D eigenvalue weighted by atomic mass is 9.92. The number of alkyl halides is 2. The second-order valence-corrected chi connectivity index (χ2v) is 9.72. The van der Waals surface area contributed by atoms with Crippen molar-refractivity contribution in [2.45, 2.75) is 45.6 Å². The number of rotatable bonds is 6. The number of benzene rings is 1. The van der Waals surface area contributed by atoms with Gasteiger partial charge in [0.25, 0.3) is 5.92 Å². The van der Waals surface area contributed by atoms with E-state index in [1.54, 1.807) is 12.1 Å². The van der Waals surface area contributed by atoms with E-state index in [9.17, 15) is 9.59 Å². The summed E-state index contributed by atoms with van der Waals surface area (Å²) in [4.78, 5) is 39.4. The van der Waals surface area contributed by atoms with Gasteiger partial charge in [0.05, 0.1) is 5.52 Å². The van der Waals surface area contributed by atoms with Crippen LogP contribution in [0.3, 0.4) is 0 Å². The van der Waals surface area contributed by atoms with Gasteiger partial charge in [-0.3, -0.25) is 9.78 Å². The van der Waals surface area contributed by atoms with E-state index in [-0.39, 0.29) is 29.1 Å². The van der Waals surface area contributed by atoms with Crippen LogP contribution in [0.15, 0.2) is 51.9 Å². The van der Waals surface area contributed by atoms with Crippen LogP contribution in [0.2, 0.25) is 0 Å². The monoisotopic (exact) mass is 496 g/mol. The number of hydrogen-bond acceptors (Lipinski definition) is 6. The fraction of sp³-hybridized carbons (Fsp3) is 0.320. The highest BCUT2D eigenvalue weighted by Gasteiger charge is 2.36. The maximum Gasteiger partial charge on any atom is 0.325 e. The number of aromatic amines is 2. The number of H-pyrrole nitrogens is 2. The fourth-order valence-electron chi connectivity index (χ4n) is 3.69. The molecule has 0 radical (unpaired) electrons. The summed E-state index contributed by atoms with van der Waals surface area (Å²) in [6.45, 7) is 10.2. The number of amides is 1. The number of carbonyl (C=O) groups excluding carboxylic acids is 1. The third kappa shape index (κ3) is 4.56. The highest BCUT2D eigenvalue weighted by Crippen LogP contribution is 2.39. The number of carbonyl (C=O) groups is 1. The Morgan fingerprint density at radius 3 is 2.56 bits per heavy atom. The van der Waals surface area contributed by atoms with Gasteiger partial charge in [-0.25, -0.2) is 9.78 Å². The van der Waals surface area contributed by atoms with E-state index in [1.807, 2.05) is 20.8 Å². The third-order valence-corrected chi connectivity index (χ3v) is 5.75. The molecule has 0 unspecified atom stereocenters. The Balaban J connectivity index is 1.73. The topological polar surface area (TPSA) is 121 Å². The number of imidazole rings is 1. The van der Waals surface area contributed by atoms with Gasteiger partial charge in [0.15, 0.2) is 11.5 Å². The molecular weight excluding hydrogens is 470 g/mol. The van der Waals surface area contributed by atoms with Crippen LogP contribution in [0.1, 0.15) is 55.3 Å². The quantitative estimate of drug-likeness (QED) is 0.378. The van der Waals surface area contributed by atoms with Crippen LogP contribution in [0, 0.1) is 0 Å². The summed E-state index contributed by atoms with van der Waals surface area (Å²) < 4.78 is 35.8. The maximum absolute atomic E-state index is 15.3. The predicted molar refractivity (Wildman–Crippen MR) is 130 cm³/mol. The van der Waals surface area contributed by atoms with Gasteiger partial charge >= 0.3 is 17.5 Å². The first-order chi connectivity index (χ1) is 16.8. The van der Waals surface area contributed by atoms with Crippen LogP contribution in [-0.2, 0) is 17.9 Å². The molecule has 0 saturated carbocycles. The van der Waals surface area contributed by atoms with Crippen molar-refractivity contribution in [1.82, 2.24) is 30.0 Å². The van der Waals surface area contributed by atoms with E-state index >= 15 is 8.78 Å². The largest absolute Gasteiger partial charge is 0.333 e. The lowest BCUT2D eigenvalue weighted by molar-refractivity contribution is 0.0366. The van der Waals surface area contributed by atoms with Crippen molar-refractivity contribution in [1.29, 1.82) is 0 Å². The molecule has 0 atom stereocenters. The van der Waals surface area contributed by atoms with Crippen LogP contribution in [0.25, 0.3) is 22.3 Å². The molecule has 9 nitrogen and oxygen atoms in total. The smallest absolute Gasteiger partial charge is 0.325 e. The molecule has 0 aliphatic carbocycles. The van der Waals surface area contributed by atoms with Crippen LogP contribution >= 0.6 is 0 Å². The Labute approximate surface area is 205 Å². The third-order valence-electron chi connectivity index (χ3n) is 5.75. The number of nitrogens with one attached hydrogen (secondary N) is 2. The van der Waals surface area contributed by atoms with Crippen LogP contribution in [0.5, 0.6) is 0 Å². The molecule has 4 aromatic rings. The zero-order valence-electron chi connectivity index (χ0n) is 20.6.